The summed E-state index contributed by atoms with van der Waals surface area (Å²) in [6.07, 6.45) is 2.63. The lowest BCUT2D eigenvalue weighted by Crippen LogP contribution is -2.26. The van der Waals surface area contributed by atoms with E-state index >= 15 is 0 Å². The maximum absolute atomic E-state index is 14.6. The van der Waals surface area contributed by atoms with Gasteiger partial charge in [0, 0.05) is 30.9 Å². The number of hydrogen-bond acceptors (Lipinski definition) is 7. The van der Waals surface area contributed by atoms with Crippen molar-refractivity contribution in [2.24, 2.45) is 0 Å². The molecular formula is C23H23FN4O4S. The molecule has 3 heterocycles. The molecule has 8 nitrogen and oxygen atoms in total. The Morgan fingerprint density at radius 3 is 2.91 bits per heavy atom. The Kier molecular flexibility index (Phi) is 6.45. The molecule has 0 aliphatic carbocycles. The fourth-order valence-corrected chi connectivity index (χ4v) is 4.83. The number of hydrogen-bond donors (Lipinski definition) is 1. The molecule has 1 atom stereocenters. The number of nitrogens with zero attached hydrogens (tertiary/aromatic N) is 3. The minimum Gasteiger partial charge on any atom is -0.454 e. The second-order valence-corrected chi connectivity index (χ2v) is 8.69. The maximum Gasteiger partial charge on any atom is 0.251 e. The Morgan fingerprint density at radius 2 is 2.06 bits per heavy atom. The molecule has 1 aromatic heterocycles. The van der Waals surface area contributed by atoms with Crippen LogP contribution < -0.4 is 14.8 Å². The summed E-state index contributed by atoms with van der Waals surface area (Å²) in [7, 11) is 0. The van der Waals surface area contributed by atoms with Crippen LogP contribution in [-0.2, 0) is 11.2 Å². The average Bonchev–Trinajstić information content (AvgIpc) is 3.58. The van der Waals surface area contributed by atoms with Gasteiger partial charge in [-0.25, -0.2) is 4.39 Å². The Balaban J connectivity index is 1.29. The summed E-state index contributed by atoms with van der Waals surface area (Å²) in [5, 5.41) is 12.1. The fourth-order valence-electron chi connectivity index (χ4n) is 3.80. The van der Waals surface area contributed by atoms with E-state index in [9.17, 15) is 9.18 Å². The van der Waals surface area contributed by atoms with Crippen LogP contribution in [0.1, 0.15) is 29.0 Å². The summed E-state index contributed by atoms with van der Waals surface area (Å²) in [5.41, 5.74) is 0.858. The second kappa shape index (κ2) is 9.80. The van der Waals surface area contributed by atoms with Gasteiger partial charge in [0.05, 0.1) is 11.8 Å². The maximum atomic E-state index is 14.6. The summed E-state index contributed by atoms with van der Waals surface area (Å²) in [4.78, 5) is 12.6. The second-order valence-electron chi connectivity index (χ2n) is 7.71. The highest BCUT2D eigenvalue weighted by molar-refractivity contribution is 7.99. The van der Waals surface area contributed by atoms with Crippen molar-refractivity contribution in [3.63, 3.8) is 0 Å². The highest BCUT2D eigenvalue weighted by atomic mass is 32.2. The number of thioether (sulfide) groups is 1. The summed E-state index contributed by atoms with van der Waals surface area (Å²) in [6.45, 7) is 1.25. The van der Waals surface area contributed by atoms with Crippen LogP contribution in [-0.4, -0.2) is 52.5 Å². The predicted octanol–water partition coefficient (Wildman–Crippen LogP) is 3.38. The van der Waals surface area contributed by atoms with E-state index in [2.05, 4.69) is 15.5 Å². The molecule has 1 saturated heterocycles. The molecule has 172 valence electrons. The van der Waals surface area contributed by atoms with Crippen LogP contribution in [0.15, 0.2) is 47.6 Å². The van der Waals surface area contributed by atoms with Gasteiger partial charge in [-0.05, 0) is 43.2 Å². The number of fused-ring (bicyclic) bond motifs is 1. The Morgan fingerprint density at radius 1 is 1.18 bits per heavy atom. The predicted molar refractivity (Wildman–Crippen MR) is 120 cm³/mol. The largest absolute Gasteiger partial charge is 0.454 e. The molecule has 0 unspecified atom stereocenters. The van der Waals surface area contributed by atoms with Gasteiger partial charge in [0.2, 0.25) is 6.79 Å². The normalized spacial score (nSPS) is 16.8. The number of nitrogens with one attached hydrogen (secondary N) is 1. The number of aromatic nitrogens is 3. The molecule has 33 heavy (non-hydrogen) atoms. The molecule has 1 N–H and O–H groups in total. The quantitative estimate of drug-likeness (QED) is 0.505. The van der Waals surface area contributed by atoms with Crippen LogP contribution >= 0.6 is 11.8 Å². The minimum atomic E-state index is -0.359. The lowest BCUT2D eigenvalue weighted by Gasteiger charge is -2.13. The number of rotatable bonds is 8. The molecular weight excluding hydrogens is 447 g/mol. The van der Waals surface area contributed by atoms with Crippen molar-refractivity contribution in [1.82, 2.24) is 20.1 Å². The lowest BCUT2D eigenvalue weighted by atomic mass is 10.2. The molecule has 2 aliphatic rings. The summed E-state index contributed by atoms with van der Waals surface area (Å²) >= 11 is 1.50. The highest BCUT2D eigenvalue weighted by Gasteiger charge is 2.21. The van der Waals surface area contributed by atoms with Crippen LogP contribution in [0.2, 0.25) is 0 Å². The minimum absolute atomic E-state index is 0.152. The van der Waals surface area contributed by atoms with Crippen LogP contribution in [0, 0.1) is 5.82 Å². The highest BCUT2D eigenvalue weighted by Crippen LogP contribution is 2.32. The Bertz CT molecular complexity index is 1150. The first-order valence-electron chi connectivity index (χ1n) is 10.8. The third-order valence-electron chi connectivity index (χ3n) is 5.48. The monoisotopic (exact) mass is 470 g/mol. The van der Waals surface area contributed by atoms with Crippen LogP contribution in [0.5, 0.6) is 11.5 Å². The first kappa shape index (κ1) is 21.7. The number of carbonyl (C=O) groups excluding carboxylic acids is 1. The zero-order valence-corrected chi connectivity index (χ0v) is 18.6. The summed E-state index contributed by atoms with van der Waals surface area (Å²) in [5.74, 6) is 1.88. The van der Waals surface area contributed by atoms with Gasteiger partial charge in [-0.1, -0.05) is 23.9 Å². The molecule has 5 rings (SSSR count). The molecule has 1 fully saturated rings. The van der Waals surface area contributed by atoms with Gasteiger partial charge in [0.15, 0.2) is 16.7 Å². The number of carbonyl (C=O) groups is 1. The molecule has 0 spiro atoms. The van der Waals surface area contributed by atoms with Crippen molar-refractivity contribution in [3.05, 3.63) is 59.7 Å². The van der Waals surface area contributed by atoms with E-state index in [4.69, 9.17) is 14.2 Å². The lowest BCUT2D eigenvalue weighted by molar-refractivity contribution is 0.0953. The molecule has 3 aromatic rings. The van der Waals surface area contributed by atoms with E-state index in [-0.39, 0.29) is 24.6 Å². The van der Waals surface area contributed by atoms with Crippen molar-refractivity contribution in [3.8, 4) is 17.2 Å². The smallest absolute Gasteiger partial charge is 0.251 e. The number of benzene rings is 2. The number of ether oxygens (including phenoxy) is 3. The SMILES string of the molecule is O=C(NCCc1nnc(SC[C@H]2CCCO2)n1-c1ccccc1F)c1ccc2c(c1)OCO2. The molecule has 0 radical (unpaired) electrons. The standard InChI is InChI=1S/C23H23FN4O4S/c24-17-5-1-2-6-18(17)28-21(26-27-23(28)33-13-16-4-3-11-30-16)9-10-25-22(29)15-7-8-19-20(12-15)32-14-31-19/h1-2,5-8,12,16H,3-4,9-11,13-14H2,(H,25,29)/t16-/m1/s1. The van der Waals surface area contributed by atoms with Gasteiger partial charge < -0.3 is 19.5 Å². The Labute approximate surface area is 194 Å². The van der Waals surface area contributed by atoms with Gasteiger partial charge in [0.1, 0.15) is 11.6 Å². The van der Waals surface area contributed by atoms with E-state index in [1.54, 1.807) is 41.0 Å². The topological polar surface area (TPSA) is 87.5 Å². The van der Waals surface area contributed by atoms with Crippen LogP contribution in [0.3, 0.4) is 0 Å². The Hall–Kier alpha value is -3.11. The number of para-hydroxylation sites is 1. The third kappa shape index (κ3) is 4.81. The van der Waals surface area contributed by atoms with Crippen molar-refractivity contribution < 1.29 is 23.4 Å². The van der Waals surface area contributed by atoms with Gasteiger partial charge in [-0.3, -0.25) is 9.36 Å². The number of amides is 1. The van der Waals surface area contributed by atoms with Gasteiger partial charge in [-0.15, -0.1) is 10.2 Å². The van der Waals surface area contributed by atoms with E-state index in [0.29, 0.717) is 46.7 Å². The van der Waals surface area contributed by atoms with Crippen molar-refractivity contribution in [2.45, 2.75) is 30.5 Å². The third-order valence-corrected chi connectivity index (χ3v) is 6.55. The molecule has 0 saturated carbocycles. The summed E-state index contributed by atoms with van der Waals surface area (Å²) in [6, 6.07) is 11.6. The first-order valence-corrected chi connectivity index (χ1v) is 11.8. The van der Waals surface area contributed by atoms with E-state index in [1.807, 2.05) is 0 Å². The fraction of sp³-hybridized carbons (Fsp3) is 0.348. The van der Waals surface area contributed by atoms with Crippen LogP contribution in [0.25, 0.3) is 5.69 Å². The van der Waals surface area contributed by atoms with E-state index < -0.39 is 0 Å². The molecule has 0 bridgehead atoms. The van der Waals surface area contributed by atoms with Crippen molar-refractivity contribution >= 4 is 17.7 Å². The summed E-state index contributed by atoms with van der Waals surface area (Å²) < 4.78 is 32.7. The first-order chi connectivity index (χ1) is 16.2. The number of halogens is 1. The van der Waals surface area contributed by atoms with E-state index in [1.165, 1.54) is 17.8 Å². The van der Waals surface area contributed by atoms with E-state index in [0.717, 1.165) is 25.2 Å². The van der Waals surface area contributed by atoms with Crippen molar-refractivity contribution in [1.29, 1.82) is 0 Å². The van der Waals surface area contributed by atoms with Gasteiger partial charge in [-0.2, -0.15) is 0 Å². The molecule has 10 heteroatoms. The van der Waals surface area contributed by atoms with Crippen molar-refractivity contribution in [2.75, 3.05) is 25.7 Å². The average molecular weight is 471 g/mol. The molecule has 1 amide bonds. The zero-order valence-electron chi connectivity index (χ0n) is 17.8. The molecule has 2 aliphatic heterocycles. The zero-order chi connectivity index (χ0) is 22.6. The molecule has 2 aromatic carbocycles. The van der Waals surface area contributed by atoms with Gasteiger partial charge >= 0.3 is 0 Å². The van der Waals surface area contributed by atoms with Gasteiger partial charge in [0.25, 0.3) is 5.91 Å². The van der Waals surface area contributed by atoms with Crippen LogP contribution in [0.4, 0.5) is 4.39 Å².